The fourth-order valence-electron chi connectivity index (χ4n) is 2.75. The number of benzene rings is 2. The average molecular weight is 400 g/mol. The zero-order chi connectivity index (χ0) is 20.1. The lowest BCUT2D eigenvalue weighted by molar-refractivity contribution is -0.142. The van der Waals surface area contributed by atoms with Gasteiger partial charge in [-0.05, 0) is 48.2 Å². The number of methoxy groups -OCH3 is 1. The standard InChI is InChI=1S/C20H20N2O5S/c1-26-19(24)16(21)10-12-2-6-14(7-3-12)27-15-8-4-13(5-9-15)11-17-18(23)22-20(25)28-17/h2-9,16-17H,10-11,21H2,1H3,(H,22,23,25)/t16-,17?/m1/s1. The first-order valence-electron chi connectivity index (χ1n) is 8.65. The monoisotopic (exact) mass is 400 g/mol. The fourth-order valence-corrected chi connectivity index (χ4v) is 3.61. The number of thioether (sulfide) groups is 1. The molecule has 3 rings (SSSR count). The normalized spacial score (nSPS) is 17.1. The zero-order valence-corrected chi connectivity index (χ0v) is 16.0. The molecule has 2 amide bonds. The van der Waals surface area contributed by atoms with E-state index in [0.717, 1.165) is 22.9 Å². The molecule has 0 radical (unpaired) electrons. The van der Waals surface area contributed by atoms with Crippen molar-refractivity contribution in [3.63, 3.8) is 0 Å². The molecule has 1 saturated heterocycles. The first kappa shape index (κ1) is 19.9. The number of rotatable bonds is 7. The third-order valence-electron chi connectivity index (χ3n) is 4.23. The molecule has 0 spiro atoms. The summed E-state index contributed by atoms with van der Waals surface area (Å²) in [5, 5.41) is 1.60. The molecule has 1 aliphatic rings. The van der Waals surface area contributed by atoms with Crippen LogP contribution in [0, 0.1) is 0 Å². The quantitative estimate of drug-likeness (QED) is 0.687. The maximum absolute atomic E-state index is 11.6. The van der Waals surface area contributed by atoms with Gasteiger partial charge in [-0.3, -0.25) is 19.7 Å². The largest absolute Gasteiger partial charge is 0.468 e. The van der Waals surface area contributed by atoms with E-state index in [-0.39, 0.29) is 16.4 Å². The van der Waals surface area contributed by atoms with E-state index in [9.17, 15) is 14.4 Å². The Morgan fingerprint density at radius 2 is 1.64 bits per heavy atom. The van der Waals surface area contributed by atoms with Gasteiger partial charge in [0, 0.05) is 0 Å². The molecule has 1 unspecified atom stereocenters. The van der Waals surface area contributed by atoms with Crippen molar-refractivity contribution in [2.45, 2.75) is 24.1 Å². The molecule has 2 aromatic carbocycles. The van der Waals surface area contributed by atoms with Crippen LogP contribution >= 0.6 is 11.8 Å². The number of amides is 2. The summed E-state index contributed by atoms with van der Waals surface area (Å²) in [6, 6.07) is 14.0. The molecule has 7 nitrogen and oxygen atoms in total. The highest BCUT2D eigenvalue weighted by Gasteiger charge is 2.31. The number of esters is 1. The lowest BCUT2D eigenvalue weighted by Gasteiger charge is -2.11. The Morgan fingerprint density at radius 3 is 2.14 bits per heavy atom. The molecule has 2 aromatic rings. The second-order valence-corrected chi connectivity index (χ2v) is 7.49. The zero-order valence-electron chi connectivity index (χ0n) is 15.2. The van der Waals surface area contributed by atoms with Crippen LogP contribution in [0.1, 0.15) is 11.1 Å². The molecular weight excluding hydrogens is 380 g/mol. The molecule has 1 fully saturated rings. The van der Waals surface area contributed by atoms with E-state index in [1.54, 1.807) is 12.1 Å². The highest BCUT2D eigenvalue weighted by molar-refractivity contribution is 8.15. The van der Waals surface area contributed by atoms with E-state index in [4.69, 9.17) is 10.5 Å². The van der Waals surface area contributed by atoms with E-state index in [2.05, 4.69) is 10.1 Å². The van der Waals surface area contributed by atoms with Crippen LogP contribution in [0.4, 0.5) is 4.79 Å². The van der Waals surface area contributed by atoms with Gasteiger partial charge in [0.25, 0.3) is 5.24 Å². The van der Waals surface area contributed by atoms with Gasteiger partial charge in [0.05, 0.1) is 12.4 Å². The topological polar surface area (TPSA) is 108 Å². The number of nitrogens with one attached hydrogen (secondary N) is 1. The first-order valence-corrected chi connectivity index (χ1v) is 9.53. The molecule has 3 N–H and O–H groups in total. The van der Waals surface area contributed by atoms with Crippen molar-refractivity contribution in [3.8, 4) is 11.5 Å². The van der Waals surface area contributed by atoms with Crippen LogP contribution in [0.5, 0.6) is 11.5 Å². The van der Waals surface area contributed by atoms with Gasteiger partial charge in [-0.2, -0.15) is 0 Å². The van der Waals surface area contributed by atoms with Gasteiger partial charge >= 0.3 is 5.97 Å². The number of carbonyl (C=O) groups excluding carboxylic acids is 3. The third kappa shape index (κ3) is 5.11. The summed E-state index contributed by atoms with van der Waals surface area (Å²) in [6.07, 6.45) is 0.870. The summed E-state index contributed by atoms with van der Waals surface area (Å²) >= 11 is 1.02. The van der Waals surface area contributed by atoms with E-state index in [0.29, 0.717) is 24.3 Å². The van der Waals surface area contributed by atoms with Gasteiger partial charge in [0.1, 0.15) is 17.5 Å². The maximum atomic E-state index is 11.6. The molecule has 8 heteroatoms. The van der Waals surface area contributed by atoms with Crippen molar-refractivity contribution in [1.82, 2.24) is 5.32 Å². The fraction of sp³-hybridized carbons (Fsp3) is 0.250. The predicted octanol–water partition coefficient (Wildman–Crippen LogP) is 2.42. The van der Waals surface area contributed by atoms with E-state index in [1.807, 2.05) is 36.4 Å². The smallest absolute Gasteiger partial charge is 0.322 e. The van der Waals surface area contributed by atoms with E-state index in [1.165, 1.54) is 7.11 Å². The van der Waals surface area contributed by atoms with E-state index >= 15 is 0 Å². The molecule has 0 bridgehead atoms. The van der Waals surface area contributed by atoms with Crippen molar-refractivity contribution in [3.05, 3.63) is 59.7 Å². The van der Waals surface area contributed by atoms with Gasteiger partial charge in [-0.15, -0.1) is 0 Å². The Bertz CT molecular complexity index is 867. The number of hydrogen-bond donors (Lipinski definition) is 2. The number of nitrogens with two attached hydrogens (primary N) is 1. The molecule has 0 aromatic heterocycles. The van der Waals surface area contributed by atoms with Crippen molar-refractivity contribution in [2.75, 3.05) is 7.11 Å². The number of carbonyl (C=O) groups is 3. The van der Waals surface area contributed by atoms with Gasteiger partial charge in [0.2, 0.25) is 5.91 Å². The number of imide groups is 1. The molecule has 2 atom stereocenters. The third-order valence-corrected chi connectivity index (χ3v) is 5.21. The Morgan fingerprint density at radius 1 is 1.07 bits per heavy atom. The predicted molar refractivity (Wildman–Crippen MR) is 105 cm³/mol. The molecule has 1 heterocycles. The number of ether oxygens (including phenoxy) is 2. The Kier molecular flexibility index (Phi) is 6.33. The van der Waals surface area contributed by atoms with Crippen LogP contribution in [0.15, 0.2) is 48.5 Å². The summed E-state index contributed by atoms with van der Waals surface area (Å²) in [5.74, 6) is 0.613. The van der Waals surface area contributed by atoms with Gasteiger partial charge in [-0.1, -0.05) is 36.0 Å². The summed E-state index contributed by atoms with van der Waals surface area (Å²) in [6.45, 7) is 0. The Labute approximate surface area is 166 Å². The Balaban J connectivity index is 1.56. The van der Waals surface area contributed by atoms with Crippen LogP contribution in [0.2, 0.25) is 0 Å². The summed E-state index contributed by atoms with van der Waals surface area (Å²) in [4.78, 5) is 34.2. The van der Waals surface area contributed by atoms with Crippen LogP contribution in [-0.4, -0.2) is 35.5 Å². The highest BCUT2D eigenvalue weighted by atomic mass is 32.2. The number of hydrogen-bond acceptors (Lipinski definition) is 7. The molecule has 1 aliphatic heterocycles. The molecule has 0 aliphatic carbocycles. The van der Waals surface area contributed by atoms with Gasteiger partial charge in [0.15, 0.2) is 0 Å². The van der Waals surface area contributed by atoms with Crippen molar-refractivity contribution in [2.24, 2.45) is 5.73 Å². The minimum Gasteiger partial charge on any atom is -0.468 e. The second-order valence-electron chi connectivity index (χ2n) is 6.31. The van der Waals surface area contributed by atoms with Crippen molar-refractivity contribution < 1.29 is 23.9 Å². The minimum absolute atomic E-state index is 0.248. The molecular formula is C20H20N2O5S. The lowest BCUT2D eigenvalue weighted by atomic mass is 10.1. The van der Waals surface area contributed by atoms with Crippen molar-refractivity contribution in [1.29, 1.82) is 0 Å². The highest BCUT2D eigenvalue weighted by Crippen LogP contribution is 2.26. The second kappa shape index (κ2) is 8.90. The average Bonchev–Trinajstić information content (AvgIpc) is 3.01. The molecule has 146 valence electrons. The van der Waals surface area contributed by atoms with Crippen LogP contribution in [0.25, 0.3) is 0 Å². The van der Waals surface area contributed by atoms with E-state index < -0.39 is 12.0 Å². The molecule has 0 saturated carbocycles. The summed E-state index contributed by atoms with van der Waals surface area (Å²) in [7, 11) is 1.31. The van der Waals surface area contributed by atoms with Crippen LogP contribution < -0.4 is 15.8 Å². The minimum atomic E-state index is -0.695. The van der Waals surface area contributed by atoms with Crippen molar-refractivity contribution >= 4 is 28.9 Å². The summed E-state index contributed by atoms with van der Waals surface area (Å²) < 4.78 is 10.4. The molecule has 28 heavy (non-hydrogen) atoms. The lowest BCUT2D eigenvalue weighted by Crippen LogP contribution is -2.33. The van der Waals surface area contributed by atoms with Gasteiger partial charge in [-0.25, -0.2) is 0 Å². The summed E-state index contributed by atoms with van der Waals surface area (Å²) in [5.41, 5.74) is 7.61. The maximum Gasteiger partial charge on any atom is 0.322 e. The SMILES string of the molecule is COC(=O)[C@H](N)Cc1ccc(Oc2ccc(CC3SC(=O)NC3=O)cc2)cc1. The van der Waals surface area contributed by atoms with Gasteiger partial charge < -0.3 is 15.2 Å². The Hall–Kier alpha value is -2.84. The van der Waals surface area contributed by atoms with Crippen LogP contribution in [-0.2, 0) is 27.2 Å². The van der Waals surface area contributed by atoms with Crippen LogP contribution in [0.3, 0.4) is 0 Å². The first-order chi connectivity index (χ1) is 13.4.